The van der Waals surface area contributed by atoms with Crippen molar-refractivity contribution >= 4 is 29.3 Å². The van der Waals surface area contributed by atoms with Crippen molar-refractivity contribution in [2.24, 2.45) is 5.92 Å². The van der Waals surface area contributed by atoms with Crippen LogP contribution >= 0.6 is 23.4 Å². The molecule has 1 aliphatic rings. The summed E-state index contributed by atoms with van der Waals surface area (Å²) in [6.07, 6.45) is 3.09. The number of hydrogen-bond acceptors (Lipinski definition) is 4. The second-order valence-electron chi connectivity index (χ2n) is 6.05. The summed E-state index contributed by atoms with van der Waals surface area (Å²) in [7, 11) is 0. The monoisotopic (exact) mass is 362 g/mol. The van der Waals surface area contributed by atoms with Crippen LogP contribution in [-0.2, 0) is 16.0 Å². The summed E-state index contributed by atoms with van der Waals surface area (Å²) < 4.78 is 5.22. The van der Waals surface area contributed by atoms with Crippen molar-refractivity contribution in [1.29, 1.82) is 0 Å². The van der Waals surface area contributed by atoms with E-state index in [1.165, 1.54) is 0 Å². The molecular formula is C19H19ClO3S. The van der Waals surface area contributed by atoms with Crippen LogP contribution in [0.1, 0.15) is 18.9 Å². The number of phenols is 1. The second kappa shape index (κ2) is 7.08. The third kappa shape index (κ3) is 3.40. The van der Waals surface area contributed by atoms with Gasteiger partial charge >= 0.3 is 5.97 Å². The first-order valence-corrected chi connectivity index (χ1v) is 9.45. The molecule has 1 fully saturated rings. The number of aromatic hydroxyl groups is 1. The molecule has 3 rings (SSSR count). The Hall–Kier alpha value is -1.65. The van der Waals surface area contributed by atoms with E-state index in [1.807, 2.05) is 43.5 Å². The first-order chi connectivity index (χ1) is 11.5. The van der Waals surface area contributed by atoms with Crippen LogP contribution in [0.15, 0.2) is 41.3 Å². The molecule has 0 amide bonds. The van der Waals surface area contributed by atoms with E-state index in [4.69, 9.17) is 16.3 Å². The van der Waals surface area contributed by atoms with Crippen LogP contribution in [0.3, 0.4) is 0 Å². The number of carbonyl (C=O) groups excluding carboxylic acids is 1. The van der Waals surface area contributed by atoms with Gasteiger partial charge in [0.1, 0.15) is 5.75 Å². The van der Waals surface area contributed by atoms with E-state index in [0.29, 0.717) is 17.9 Å². The molecule has 3 nitrogen and oxygen atoms in total. The molecule has 2 aromatic rings. The van der Waals surface area contributed by atoms with Gasteiger partial charge in [-0.05, 0) is 55.3 Å². The van der Waals surface area contributed by atoms with Gasteiger partial charge in [0.05, 0.1) is 12.0 Å². The molecular weight excluding hydrogens is 344 g/mol. The predicted octanol–water partition coefficient (Wildman–Crippen LogP) is 4.93. The average molecular weight is 363 g/mol. The van der Waals surface area contributed by atoms with Crippen molar-refractivity contribution in [1.82, 2.24) is 0 Å². The van der Waals surface area contributed by atoms with Crippen LogP contribution in [0.25, 0.3) is 11.1 Å². The second-order valence-corrected chi connectivity index (χ2v) is 7.33. The van der Waals surface area contributed by atoms with Gasteiger partial charge in [0.2, 0.25) is 0 Å². The number of benzene rings is 2. The Balaban J connectivity index is 2.01. The fourth-order valence-electron chi connectivity index (χ4n) is 3.15. The molecule has 0 saturated carbocycles. The summed E-state index contributed by atoms with van der Waals surface area (Å²) in [6.45, 7) is 1.89. The molecule has 0 aromatic heterocycles. The Morgan fingerprint density at radius 3 is 2.75 bits per heavy atom. The molecule has 0 radical (unpaired) electrons. The Morgan fingerprint density at radius 1 is 1.33 bits per heavy atom. The van der Waals surface area contributed by atoms with Gasteiger partial charge in [0.15, 0.2) is 0 Å². The lowest BCUT2D eigenvalue weighted by atomic mass is 9.93. The standard InChI is InChI=1S/C19H19ClO3S/c1-11-8-14(19(22)23-11)9-13-6-7-16(24-2)17(18(13)21)12-4-3-5-15(20)10-12/h3-7,10-11,14,21H,8-9H2,1-2H3. The Morgan fingerprint density at radius 2 is 2.12 bits per heavy atom. The molecule has 126 valence electrons. The topological polar surface area (TPSA) is 46.5 Å². The van der Waals surface area contributed by atoms with Gasteiger partial charge in [-0.3, -0.25) is 4.79 Å². The Bertz CT molecular complexity index is 775. The zero-order chi connectivity index (χ0) is 17.3. The minimum atomic E-state index is -0.196. The molecule has 2 aromatic carbocycles. The summed E-state index contributed by atoms with van der Waals surface area (Å²) in [5.41, 5.74) is 2.40. The van der Waals surface area contributed by atoms with Gasteiger partial charge in [0, 0.05) is 15.5 Å². The maximum atomic E-state index is 11.9. The minimum Gasteiger partial charge on any atom is -0.507 e. The number of carbonyl (C=O) groups is 1. The lowest BCUT2D eigenvalue weighted by Gasteiger charge is -2.15. The summed E-state index contributed by atoms with van der Waals surface area (Å²) in [6, 6.07) is 11.3. The zero-order valence-electron chi connectivity index (χ0n) is 13.6. The van der Waals surface area contributed by atoms with Gasteiger partial charge in [-0.1, -0.05) is 29.8 Å². The maximum absolute atomic E-state index is 11.9. The van der Waals surface area contributed by atoms with Crippen LogP contribution in [0.4, 0.5) is 0 Å². The molecule has 24 heavy (non-hydrogen) atoms. The van der Waals surface area contributed by atoms with Crippen LogP contribution in [0.5, 0.6) is 5.75 Å². The molecule has 1 aliphatic heterocycles. The van der Waals surface area contributed by atoms with Gasteiger partial charge in [-0.25, -0.2) is 0 Å². The lowest BCUT2D eigenvalue weighted by molar-refractivity contribution is -0.143. The van der Waals surface area contributed by atoms with E-state index in [1.54, 1.807) is 17.8 Å². The van der Waals surface area contributed by atoms with Crippen molar-refractivity contribution in [2.75, 3.05) is 6.26 Å². The molecule has 2 atom stereocenters. The molecule has 5 heteroatoms. The quantitative estimate of drug-likeness (QED) is 0.618. The van der Waals surface area contributed by atoms with Gasteiger partial charge in [-0.15, -0.1) is 11.8 Å². The molecule has 1 saturated heterocycles. The van der Waals surface area contributed by atoms with Gasteiger partial charge in [-0.2, -0.15) is 0 Å². The number of phenolic OH excluding ortho intramolecular Hbond substituents is 1. The van der Waals surface area contributed by atoms with Crippen LogP contribution in [-0.4, -0.2) is 23.4 Å². The summed E-state index contributed by atoms with van der Waals surface area (Å²) in [5, 5.41) is 11.5. The van der Waals surface area contributed by atoms with Gasteiger partial charge < -0.3 is 9.84 Å². The number of thioether (sulfide) groups is 1. The largest absolute Gasteiger partial charge is 0.507 e. The lowest BCUT2D eigenvalue weighted by Crippen LogP contribution is -2.11. The van der Waals surface area contributed by atoms with Crippen molar-refractivity contribution < 1.29 is 14.6 Å². The molecule has 2 unspecified atom stereocenters. The van der Waals surface area contributed by atoms with E-state index < -0.39 is 0 Å². The van der Waals surface area contributed by atoms with Crippen LogP contribution in [0, 0.1) is 5.92 Å². The number of hydrogen-bond donors (Lipinski definition) is 1. The number of rotatable bonds is 4. The van der Waals surface area contributed by atoms with E-state index in [2.05, 4.69) is 0 Å². The normalized spacial score (nSPS) is 20.2. The zero-order valence-corrected chi connectivity index (χ0v) is 15.2. The van der Waals surface area contributed by atoms with E-state index >= 15 is 0 Å². The maximum Gasteiger partial charge on any atom is 0.309 e. The van der Waals surface area contributed by atoms with Crippen molar-refractivity contribution in [3.63, 3.8) is 0 Å². The van der Waals surface area contributed by atoms with Crippen molar-refractivity contribution in [3.05, 3.63) is 47.0 Å². The summed E-state index contributed by atoms with van der Waals surface area (Å²) in [4.78, 5) is 12.9. The SMILES string of the molecule is CSc1ccc(CC2CC(C)OC2=O)c(O)c1-c1cccc(Cl)c1. The van der Waals surface area contributed by atoms with Crippen LogP contribution < -0.4 is 0 Å². The van der Waals surface area contributed by atoms with Crippen LogP contribution in [0.2, 0.25) is 5.02 Å². The number of cyclic esters (lactones) is 1. The van der Waals surface area contributed by atoms with Gasteiger partial charge in [0.25, 0.3) is 0 Å². The molecule has 0 spiro atoms. The fraction of sp³-hybridized carbons (Fsp3) is 0.316. The fourth-order valence-corrected chi connectivity index (χ4v) is 3.96. The highest BCUT2D eigenvalue weighted by Crippen LogP contribution is 2.41. The highest BCUT2D eigenvalue weighted by molar-refractivity contribution is 7.98. The van der Waals surface area contributed by atoms with E-state index in [9.17, 15) is 9.90 Å². The molecule has 1 N–H and O–H groups in total. The molecule has 0 aliphatic carbocycles. The van der Waals surface area contributed by atoms with E-state index in [-0.39, 0.29) is 23.7 Å². The predicted molar refractivity (Wildman–Crippen MR) is 97.7 cm³/mol. The highest BCUT2D eigenvalue weighted by atomic mass is 35.5. The number of esters is 1. The third-order valence-corrected chi connectivity index (χ3v) is 5.31. The minimum absolute atomic E-state index is 0.0532. The van der Waals surface area contributed by atoms with Crippen molar-refractivity contribution in [2.45, 2.75) is 30.8 Å². The smallest absolute Gasteiger partial charge is 0.309 e. The number of ether oxygens (including phenoxy) is 1. The van der Waals surface area contributed by atoms with Crippen molar-refractivity contribution in [3.8, 4) is 16.9 Å². The summed E-state index contributed by atoms with van der Waals surface area (Å²) in [5.74, 6) is -0.158. The number of halogens is 1. The first-order valence-electron chi connectivity index (χ1n) is 7.85. The molecule has 1 heterocycles. The third-order valence-electron chi connectivity index (χ3n) is 4.29. The molecule has 0 bridgehead atoms. The highest BCUT2D eigenvalue weighted by Gasteiger charge is 2.32. The summed E-state index contributed by atoms with van der Waals surface area (Å²) >= 11 is 7.67. The first kappa shape index (κ1) is 17.2. The average Bonchev–Trinajstić information content (AvgIpc) is 2.86. The van der Waals surface area contributed by atoms with E-state index in [0.717, 1.165) is 21.6 Å². The Kier molecular flexibility index (Phi) is 5.07. The Labute approximate surface area is 151 Å².